The molecule has 1 fully saturated rings. The molecular weight excluding hydrogens is 358 g/mol. The Bertz CT molecular complexity index is 939. The summed E-state index contributed by atoms with van der Waals surface area (Å²) < 4.78 is 5.13. The first-order valence-electron chi connectivity index (χ1n) is 8.91. The summed E-state index contributed by atoms with van der Waals surface area (Å²) in [6.07, 6.45) is 0. The summed E-state index contributed by atoms with van der Waals surface area (Å²) in [5, 5.41) is 5.46. The van der Waals surface area contributed by atoms with Gasteiger partial charge < -0.3 is 15.4 Å². The van der Waals surface area contributed by atoms with Crippen LogP contribution in [0, 0.1) is 13.8 Å². The average molecular weight is 381 g/mol. The van der Waals surface area contributed by atoms with Crippen LogP contribution < -0.4 is 15.4 Å². The molecule has 1 saturated heterocycles. The van der Waals surface area contributed by atoms with Crippen molar-refractivity contribution < 1.29 is 19.1 Å². The van der Waals surface area contributed by atoms with Gasteiger partial charge in [0.1, 0.15) is 17.8 Å². The van der Waals surface area contributed by atoms with Crippen LogP contribution in [0.2, 0.25) is 0 Å². The summed E-state index contributed by atoms with van der Waals surface area (Å²) in [7, 11) is 1.55. The minimum absolute atomic E-state index is 0.357. The van der Waals surface area contributed by atoms with Gasteiger partial charge in [-0.2, -0.15) is 0 Å². The quantitative estimate of drug-likeness (QED) is 0.780. The smallest absolute Gasteiger partial charge is 0.325 e. The zero-order chi connectivity index (χ0) is 20.5. The molecule has 2 aromatic rings. The maximum atomic E-state index is 12.9. The van der Waals surface area contributed by atoms with Crippen LogP contribution in [-0.2, 0) is 15.1 Å². The van der Waals surface area contributed by atoms with Gasteiger partial charge in [-0.15, -0.1) is 0 Å². The Balaban J connectivity index is 1.76. The summed E-state index contributed by atoms with van der Waals surface area (Å²) in [6, 6.07) is 11.8. The van der Waals surface area contributed by atoms with E-state index in [0.717, 1.165) is 16.0 Å². The van der Waals surface area contributed by atoms with Crippen molar-refractivity contribution in [2.75, 3.05) is 19.0 Å². The van der Waals surface area contributed by atoms with Crippen molar-refractivity contribution in [2.45, 2.75) is 26.3 Å². The minimum atomic E-state index is -1.23. The third-order valence-electron chi connectivity index (χ3n) is 5.12. The van der Waals surface area contributed by atoms with Crippen molar-refractivity contribution in [2.24, 2.45) is 0 Å². The molecular formula is C21H23N3O4. The van der Waals surface area contributed by atoms with E-state index in [1.165, 1.54) is 0 Å². The van der Waals surface area contributed by atoms with Crippen molar-refractivity contribution in [3.8, 4) is 5.75 Å². The Labute approximate surface area is 163 Å². The van der Waals surface area contributed by atoms with Crippen LogP contribution in [-0.4, -0.2) is 36.4 Å². The number of benzene rings is 2. The molecule has 1 heterocycles. The number of carbonyl (C=O) groups is 3. The topological polar surface area (TPSA) is 87.7 Å². The second-order valence-electron chi connectivity index (χ2n) is 6.97. The van der Waals surface area contributed by atoms with Crippen molar-refractivity contribution in [3.63, 3.8) is 0 Å². The zero-order valence-corrected chi connectivity index (χ0v) is 16.3. The number of nitrogens with zero attached hydrogens (tertiary/aromatic N) is 1. The number of rotatable bonds is 5. The summed E-state index contributed by atoms with van der Waals surface area (Å²) in [6.45, 7) is 5.11. The summed E-state index contributed by atoms with van der Waals surface area (Å²) in [4.78, 5) is 38.7. The van der Waals surface area contributed by atoms with E-state index in [4.69, 9.17) is 4.74 Å². The Morgan fingerprint density at radius 3 is 2.46 bits per heavy atom. The lowest BCUT2D eigenvalue weighted by Crippen LogP contribution is -2.42. The standard InChI is InChI=1S/C21H23N3O4/c1-13-6-5-7-17(14(13)2)22-18(25)12-24-19(26)21(3,23-20(24)27)15-8-10-16(28-4)11-9-15/h5-11H,12H2,1-4H3,(H,22,25)(H,23,27). The van der Waals surface area contributed by atoms with E-state index in [9.17, 15) is 14.4 Å². The highest BCUT2D eigenvalue weighted by Crippen LogP contribution is 2.30. The van der Waals surface area contributed by atoms with Gasteiger partial charge in [0.2, 0.25) is 5.91 Å². The Hall–Kier alpha value is -3.35. The van der Waals surface area contributed by atoms with Gasteiger partial charge in [-0.05, 0) is 55.7 Å². The van der Waals surface area contributed by atoms with Gasteiger partial charge in [-0.1, -0.05) is 24.3 Å². The number of aryl methyl sites for hydroxylation is 1. The molecule has 4 amide bonds. The van der Waals surface area contributed by atoms with Crippen molar-refractivity contribution in [1.29, 1.82) is 0 Å². The molecule has 1 unspecified atom stereocenters. The van der Waals surface area contributed by atoms with Crippen LogP contribution in [0.5, 0.6) is 5.75 Å². The Morgan fingerprint density at radius 1 is 1.14 bits per heavy atom. The molecule has 3 rings (SSSR count). The summed E-state index contributed by atoms with van der Waals surface area (Å²) in [5.41, 5.74) is 2.03. The predicted octanol–water partition coefficient (Wildman–Crippen LogP) is 2.72. The van der Waals surface area contributed by atoms with E-state index in [1.54, 1.807) is 44.4 Å². The second-order valence-corrected chi connectivity index (χ2v) is 6.97. The number of nitrogens with one attached hydrogen (secondary N) is 2. The SMILES string of the molecule is COc1ccc(C2(C)NC(=O)N(CC(=O)Nc3cccc(C)c3C)C2=O)cc1. The summed E-state index contributed by atoms with van der Waals surface area (Å²) >= 11 is 0. The molecule has 7 heteroatoms. The lowest BCUT2D eigenvalue weighted by Gasteiger charge is -2.22. The number of carbonyl (C=O) groups excluding carboxylic acids is 3. The molecule has 1 aliphatic heterocycles. The van der Waals surface area contributed by atoms with Gasteiger partial charge in [0.05, 0.1) is 7.11 Å². The lowest BCUT2D eigenvalue weighted by molar-refractivity contribution is -0.133. The molecule has 0 bridgehead atoms. The molecule has 0 spiro atoms. The van der Waals surface area contributed by atoms with Crippen LogP contribution >= 0.6 is 0 Å². The number of methoxy groups -OCH3 is 1. The molecule has 7 nitrogen and oxygen atoms in total. The number of anilines is 1. The fraction of sp³-hybridized carbons (Fsp3) is 0.286. The summed E-state index contributed by atoms with van der Waals surface area (Å²) in [5.74, 6) is -0.260. The first-order chi connectivity index (χ1) is 13.3. The molecule has 146 valence electrons. The maximum absolute atomic E-state index is 12.9. The third-order valence-corrected chi connectivity index (χ3v) is 5.12. The van der Waals surface area contributed by atoms with Crippen molar-refractivity contribution >= 4 is 23.5 Å². The Morgan fingerprint density at radius 2 is 1.82 bits per heavy atom. The molecule has 2 N–H and O–H groups in total. The monoisotopic (exact) mass is 381 g/mol. The van der Waals surface area contributed by atoms with Crippen LogP contribution in [0.1, 0.15) is 23.6 Å². The first-order valence-corrected chi connectivity index (χ1v) is 8.91. The number of hydrogen-bond acceptors (Lipinski definition) is 4. The number of hydrogen-bond donors (Lipinski definition) is 2. The van der Waals surface area contributed by atoms with Crippen LogP contribution in [0.3, 0.4) is 0 Å². The van der Waals surface area contributed by atoms with Crippen LogP contribution in [0.15, 0.2) is 42.5 Å². The highest BCUT2D eigenvalue weighted by atomic mass is 16.5. The van der Waals surface area contributed by atoms with Gasteiger partial charge in [-0.3, -0.25) is 14.5 Å². The molecule has 0 radical (unpaired) electrons. The highest BCUT2D eigenvalue weighted by Gasteiger charge is 2.49. The number of amides is 4. The average Bonchev–Trinajstić information content (AvgIpc) is 2.89. The van der Waals surface area contributed by atoms with E-state index in [0.29, 0.717) is 17.0 Å². The van der Waals surface area contributed by atoms with E-state index in [2.05, 4.69) is 10.6 Å². The molecule has 0 aliphatic carbocycles. The van der Waals surface area contributed by atoms with Gasteiger partial charge in [0, 0.05) is 5.69 Å². The maximum Gasteiger partial charge on any atom is 0.325 e. The fourth-order valence-corrected chi connectivity index (χ4v) is 3.18. The van der Waals surface area contributed by atoms with Crippen LogP contribution in [0.25, 0.3) is 0 Å². The molecule has 0 aromatic heterocycles. The number of urea groups is 1. The van der Waals surface area contributed by atoms with Gasteiger partial charge in [-0.25, -0.2) is 4.79 Å². The van der Waals surface area contributed by atoms with Gasteiger partial charge in [0.15, 0.2) is 0 Å². The van der Waals surface area contributed by atoms with Gasteiger partial charge in [0.25, 0.3) is 5.91 Å². The second kappa shape index (κ2) is 7.34. The largest absolute Gasteiger partial charge is 0.497 e. The van der Waals surface area contributed by atoms with Crippen molar-refractivity contribution in [1.82, 2.24) is 10.2 Å². The first kappa shape index (κ1) is 19.4. The predicted molar refractivity (Wildman–Crippen MR) is 105 cm³/mol. The van der Waals surface area contributed by atoms with Crippen molar-refractivity contribution in [3.05, 3.63) is 59.2 Å². The fourth-order valence-electron chi connectivity index (χ4n) is 3.18. The molecule has 28 heavy (non-hydrogen) atoms. The molecule has 2 aromatic carbocycles. The van der Waals surface area contributed by atoms with E-state index in [-0.39, 0.29) is 6.54 Å². The number of imide groups is 1. The normalized spacial score (nSPS) is 18.8. The van der Waals surface area contributed by atoms with E-state index < -0.39 is 23.4 Å². The number of ether oxygens (including phenoxy) is 1. The Kier molecular flexibility index (Phi) is 5.09. The molecule has 1 atom stereocenters. The molecule has 0 saturated carbocycles. The lowest BCUT2D eigenvalue weighted by atomic mass is 9.92. The van der Waals surface area contributed by atoms with E-state index in [1.807, 2.05) is 26.0 Å². The van der Waals surface area contributed by atoms with Crippen LogP contribution in [0.4, 0.5) is 10.5 Å². The zero-order valence-electron chi connectivity index (χ0n) is 16.3. The third kappa shape index (κ3) is 3.43. The molecule has 1 aliphatic rings. The van der Waals surface area contributed by atoms with E-state index >= 15 is 0 Å². The minimum Gasteiger partial charge on any atom is -0.497 e. The van der Waals surface area contributed by atoms with Gasteiger partial charge >= 0.3 is 6.03 Å². The highest BCUT2D eigenvalue weighted by molar-refractivity contribution is 6.10.